The van der Waals surface area contributed by atoms with Crippen LogP contribution in [-0.4, -0.2) is 43.2 Å². The van der Waals surface area contributed by atoms with Crippen molar-refractivity contribution in [1.29, 1.82) is 0 Å². The Hall–Kier alpha value is -3.10. The summed E-state index contributed by atoms with van der Waals surface area (Å²) >= 11 is 0. The van der Waals surface area contributed by atoms with Crippen molar-refractivity contribution in [2.24, 2.45) is 7.05 Å². The molecule has 4 rings (SSSR count). The maximum Gasteiger partial charge on any atom is 0.407 e. The van der Waals surface area contributed by atoms with Crippen LogP contribution in [0.4, 0.5) is 16.3 Å². The zero-order valence-corrected chi connectivity index (χ0v) is 17.0. The Labute approximate surface area is 169 Å². The third kappa shape index (κ3) is 4.18. The Kier molecular flexibility index (Phi) is 5.37. The molecular formula is C20H27N7O2. The van der Waals surface area contributed by atoms with Crippen LogP contribution in [0.25, 0.3) is 10.9 Å². The molecule has 1 amide bonds. The van der Waals surface area contributed by atoms with Gasteiger partial charge in [0.2, 0.25) is 0 Å². The number of alkyl carbamates (subject to hydrolysis) is 1. The molecule has 3 aromatic rings. The van der Waals surface area contributed by atoms with Gasteiger partial charge in [-0.1, -0.05) is 6.92 Å². The zero-order chi connectivity index (χ0) is 20.4. The average Bonchev–Trinajstić information content (AvgIpc) is 3.43. The van der Waals surface area contributed by atoms with Gasteiger partial charge in [-0.05, 0) is 32.6 Å². The first-order chi connectivity index (χ1) is 14.0. The quantitative estimate of drug-likeness (QED) is 0.586. The predicted molar refractivity (Wildman–Crippen MR) is 110 cm³/mol. The van der Waals surface area contributed by atoms with Gasteiger partial charge in [-0.25, -0.2) is 4.79 Å². The number of ether oxygens (including phenoxy) is 1. The number of carbonyl (C=O) groups excluding carboxylic acids is 1. The summed E-state index contributed by atoms with van der Waals surface area (Å²) in [7, 11) is 1.90. The van der Waals surface area contributed by atoms with Gasteiger partial charge in [0.25, 0.3) is 0 Å². The molecule has 0 bridgehead atoms. The first-order valence-corrected chi connectivity index (χ1v) is 10.1. The molecule has 1 fully saturated rings. The summed E-state index contributed by atoms with van der Waals surface area (Å²) in [6.45, 7) is 4.00. The molecular weight excluding hydrogens is 370 g/mol. The van der Waals surface area contributed by atoms with E-state index in [-0.39, 0.29) is 18.2 Å². The van der Waals surface area contributed by atoms with E-state index in [1.165, 1.54) is 0 Å². The molecule has 29 heavy (non-hydrogen) atoms. The number of hydrogen-bond acceptors (Lipinski definition) is 6. The van der Waals surface area contributed by atoms with Crippen LogP contribution in [0.2, 0.25) is 0 Å². The largest absolute Gasteiger partial charge is 0.446 e. The molecule has 1 aliphatic carbocycles. The molecule has 9 heteroatoms. The topological polar surface area (TPSA) is 110 Å². The number of rotatable bonds is 6. The van der Waals surface area contributed by atoms with Gasteiger partial charge in [-0.3, -0.25) is 14.8 Å². The van der Waals surface area contributed by atoms with Crippen molar-refractivity contribution in [3.63, 3.8) is 0 Å². The summed E-state index contributed by atoms with van der Waals surface area (Å²) in [4.78, 5) is 16.2. The summed E-state index contributed by atoms with van der Waals surface area (Å²) < 4.78 is 7.39. The lowest BCUT2D eigenvalue weighted by molar-refractivity contribution is 0.0974. The second kappa shape index (κ2) is 8.10. The number of aromatic amines is 1. The van der Waals surface area contributed by atoms with E-state index >= 15 is 0 Å². The summed E-state index contributed by atoms with van der Waals surface area (Å²) in [5.41, 5.74) is 2.88. The van der Waals surface area contributed by atoms with Crippen molar-refractivity contribution in [2.75, 3.05) is 5.32 Å². The van der Waals surface area contributed by atoms with Crippen molar-refractivity contribution in [2.45, 2.75) is 57.6 Å². The Morgan fingerprint density at radius 1 is 1.38 bits per heavy atom. The highest BCUT2D eigenvalue weighted by Crippen LogP contribution is 2.36. The highest BCUT2D eigenvalue weighted by molar-refractivity contribution is 5.90. The lowest BCUT2D eigenvalue weighted by Crippen LogP contribution is -2.34. The minimum Gasteiger partial charge on any atom is -0.446 e. The van der Waals surface area contributed by atoms with E-state index in [2.05, 4.69) is 30.9 Å². The molecule has 0 saturated heterocycles. The predicted octanol–water partition coefficient (Wildman–Crippen LogP) is 3.60. The Morgan fingerprint density at radius 2 is 2.24 bits per heavy atom. The van der Waals surface area contributed by atoms with E-state index in [0.29, 0.717) is 5.92 Å². The monoisotopic (exact) mass is 397 g/mol. The second-order valence-corrected chi connectivity index (χ2v) is 7.72. The molecule has 3 unspecified atom stereocenters. The number of anilines is 2. The van der Waals surface area contributed by atoms with Crippen LogP contribution in [0.3, 0.4) is 0 Å². The summed E-state index contributed by atoms with van der Waals surface area (Å²) in [5, 5.41) is 19.0. The third-order valence-corrected chi connectivity index (χ3v) is 5.57. The number of amides is 1. The fourth-order valence-corrected chi connectivity index (χ4v) is 3.79. The maximum absolute atomic E-state index is 12.0. The summed E-state index contributed by atoms with van der Waals surface area (Å²) in [6.07, 6.45) is 8.47. The standard InChI is InChI=1S/C20H27N7O2/c1-4-12(2)23-20(28)29-15-6-5-13(7-15)16-8-18(26-25-16)24-17-11-21-9-14-10-22-27(3)19(14)17/h8-13,15H,4-7H2,1-3H3,(H,23,28)(H2,24,25,26). The first-order valence-electron chi connectivity index (χ1n) is 10.1. The SMILES string of the molecule is CCC(C)NC(=O)OC1CCC(c2cc(Nc3cncc4cnn(C)c34)n[nH]2)C1. The van der Waals surface area contributed by atoms with E-state index in [1.807, 2.05) is 31.6 Å². The van der Waals surface area contributed by atoms with Gasteiger partial charge in [-0.2, -0.15) is 10.2 Å². The van der Waals surface area contributed by atoms with Crippen molar-refractivity contribution < 1.29 is 9.53 Å². The molecule has 0 aromatic carbocycles. The number of aryl methyl sites for hydroxylation is 1. The highest BCUT2D eigenvalue weighted by Gasteiger charge is 2.30. The van der Waals surface area contributed by atoms with Crippen molar-refractivity contribution in [1.82, 2.24) is 30.3 Å². The number of hydrogen-bond donors (Lipinski definition) is 3. The summed E-state index contributed by atoms with van der Waals surface area (Å²) in [5.74, 6) is 1.03. The minimum absolute atomic E-state index is 0.0591. The minimum atomic E-state index is -0.325. The molecule has 154 valence electrons. The molecule has 3 N–H and O–H groups in total. The van der Waals surface area contributed by atoms with Gasteiger partial charge in [0.05, 0.1) is 23.6 Å². The first kappa shape index (κ1) is 19.2. The number of fused-ring (bicyclic) bond motifs is 1. The van der Waals surface area contributed by atoms with Crippen molar-refractivity contribution >= 4 is 28.5 Å². The molecule has 9 nitrogen and oxygen atoms in total. The van der Waals surface area contributed by atoms with Crippen LogP contribution in [0.1, 0.15) is 51.1 Å². The molecule has 0 radical (unpaired) electrons. The van der Waals surface area contributed by atoms with Gasteiger partial charge in [0.15, 0.2) is 5.82 Å². The molecule has 0 aliphatic heterocycles. The second-order valence-electron chi connectivity index (χ2n) is 7.72. The lowest BCUT2D eigenvalue weighted by atomic mass is 10.0. The highest BCUT2D eigenvalue weighted by atomic mass is 16.6. The van der Waals surface area contributed by atoms with Crippen LogP contribution < -0.4 is 10.6 Å². The van der Waals surface area contributed by atoms with Crippen molar-refractivity contribution in [3.8, 4) is 0 Å². The number of aromatic nitrogens is 5. The third-order valence-electron chi connectivity index (χ3n) is 5.57. The maximum atomic E-state index is 12.0. The number of H-pyrrole nitrogens is 1. The average molecular weight is 397 g/mol. The van der Waals surface area contributed by atoms with Crippen LogP contribution in [0, 0.1) is 0 Å². The Morgan fingerprint density at radius 3 is 3.07 bits per heavy atom. The normalized spacial score (nSPS) is 20.0. The van der Waals surface area contributed by atoms with Crippen LogP contribution in [-0.2, 0) is 11.8 Å². The number of nitrogens with zero attached hydrogens (tertiary/aromatic N) is 4. The summed E-state index contributed by atoms with van der Waals surface area (Å²) in [6, 6.07) is 2.14. The van der Waals surface area contributed by atoms with Gasteiger partial charge in [0.1, 0.15) is 6.10 Å². The van der Waals surface area contributed by atoms with Crippen LogP contribution in [0.5, 0.6) is 0 Å². The molecule has 0 spiro atoms. The van der Waals surface area contributed by atoms with E-state index in [0.717, 1.165) is 53.8 Å². The molecule has 1 saturated carbocycles. The fourth-order valence-electron chi connectivity index (χ4n) is 3.79. The smallest absolute Gasteiger partial charge is 0.407 e. The number of nitrogens with one attached hydrogen (secondary N) is 3. The van der Waals surface area contributed by atoms with Gasteiger partial charge in [0, 0.05) is 42.4 Å². The van der Waals surface area contributed by atoms with E-state index in [1.54, 1.807) is 18.6 Å². The van der Waals surface area contributed by atoms with Gasteiger partial charge >= 0.3 is 6.09 Å². The molecule has 3 atom stereocenters. The van der Waals surface area contributed by atoms with E-state index in [9.17, 15) is 4.79 Å². The fraction of sp³-hybridized carbons (Fsp3) is 0.500. The molecule has 3 heterocycles. The van der Waals surface area contributed by atoms with E-state index < -0.39 is 0 Å². The van der Waals surface area contributed by atoms with Gasteiger partial charge in [-0.15, -0.1) is 0 Å². The van der Waals surface area contributed by atoms with Crippen molar-refractivity contribution in [3.05, 3.63) is 30.4 Å². The Bertz CT molecular complexity index is 996. The van der Waals surface area contributed by atoms with Gasteiger partial charge < -0.3 is 15.4 Å². The zero-order valence-electron chi connectivity index (χ0n) is 17.0. The van der Waals surface area contributed by atoms with E-state index in [4.69, 9.17) is 4.74 Å². The van der Waals surface area contributed by atoms with Crippen LogP contribution >= 0.6 is 0 Å². The van der Waals surface area contributed by atoms with Crippen LogP contribution in [0.15, 0.2) is 24.7 Å². The number of pyridine rings is 1. The molecule has 1 aliphatic rings. The lowest BCUT2D eigenvalue weighted by Gasteiger charge is -2.16. The number of carbonyl (C=O) groups is 1. The molecule has 3 aromatic heterocycles. The Balaban J connectivity index is 1.38.